The molecule has 1 heterocycles. The number of carbonyl (C=O) groups excluding carboxylic acids is 1. The smallest absolute Gasteiger partial charge is 0.241 e. The van der Waals surface area contributed by atoms with Crippen LogP contribution in [0.1, 0.15) is 80.1 Å². The highest BCUT2D eigenvalue weighted by atomic mass is 16.2. The predicted molar refractivity (Wildman–Crippen MR) is 90.1 cm³/mol. The lowest BCUT2D eigenvalue weighted by atomic mass is 9.86. The summed E-state index contributed by atoms with van der Waals surface area (Å²) >= 11 is 0. The molecule has 2 unspecified atom stereocenters. The number of nitrogens with zero attached hydrogens (tertiary/aromatic N) is 1. The van der Waals surface area contributed by atoms with Crippen molar-refractivity contribution in [2.24, 2.45) is 11.3 Å². The van der Waals surface area contributed by atoms with Gasteiger partial charge in [-0.25, -0.2) is 0 Å². The topological polar surface area (TPSA) is 32.3 Å². The number of hydrogen-bond donors (Lipinski definition) is 1. The van der Waals surface area contributed by atoms with Gasteiger partial charge in [0, 0.05) is 6.54 Å². The van der Waals surface area contributed by atoms with Gasteiger partial charge < -0.3 is 4.90 Å². The number of nitrogens with one attached hydrogen (secondary N) is 1. The molecular weight excluding hydrogens is 260 g/mol. The third-order valence-corrected chi connectivity index (χ3v) is 4.58. The van der Waals surface area contributed by atoms with Gasteiger partial charge in [0.1, 0.15) is 0 Å². The van der Waals surface area contributed by atoms with Gasteiger partial charge >= 0.3 is 0 Å². The minimum absolute atomic E-state index is 0.00740. The van der Waals surface area contributed by atoms with Gasteiger partial charge in [0.05, 0.1) is 12.2 Å². The molecule has 0 aliphatic carbocycles. The summed E-state index contributed by atoms with van der Waals surface area (Å²) in [7, 11) is 0. The molecule has 0 saturated carbocycles. The lowest BCUT2D eigenvalue weighted by Crippen LogP contribution is -2.43. The van der Waals surface area contributed by atoms with Crippen LogP contribution in [0.3, 0.4) is 0 Å². The van der Waals surface area contributed by atoms with E-state index in [1.807, 2.05) is 0 Å². The Balaban J connectivity index is 2.70. The molecule has 124 valence electrons. The molecule has 2 atom stereocenters. The molecule has 0 aromatic carbocycles. The zero-order valence-corrected chi connectivity index (χ0v) is 15.0. The van der Waals surface area contributed by atoms with E-state index in [1.54, 1.807) is 0 Å². The van der Waals surface area contributed by atoms with Crippen molar-refractivity contribution < 1.29 is 4.79 Å². The molecule has 1 aliphatic heterocycles. The molecule has 3 nitrogen and oxygen atoms in total. The van der Waals surface area contributed by atoms with E-state index in [1.165, 1.54) is 25.7 Å². The SMILES string of the molecule is CCCCCC(C)(C)CN1C(=O)C(C(C)C)NC1CCC. The first-order chi connectivity index (χ1) is 9.82. The molecular formula is C18H36N2O. The lowest BCUT2D eigenvalue weighted by molar-refractivity contribution is -0.132. The summed E-state index contributed by atoms with van der Waals surface area (Å²) in [5, 5.41) is 3.56. The Morgan fingerprint density at radius 3 is 2.38 bits per heavy atom. The molecule has 1 rings (SSSR count). The molecule has 1 amide bonds. The van der Waals surface area contributed by atoms with E-state index in [4.69, 9.17) is 0 Å². The monoisotopic (exact) mass is 296 g/mol. The van der Waals surface area contributed by atoms with Crippen LogP contribution in [0.5, 0.6) is 0 Å². The summed E-state index contributed by atoms with van der Waals surface area (Å²) in [5.74, 6) is 0.678. The van der Waals surface area contributed by atoms with E-state index >= 15 is 0 Å². The quantitative estimate of drug-likeness (QED) is 0.647. The van der Waals surface area contributed by atoms with Crippen LogP contribution in [0, 0.1) is 11.3 Å². The first-order valence-electron chi connectivity index (χ1n) is 8.89. The number of rotatable bonds is 9. The van der Waals surface area contributed by atoms with Gasteiger partial charge in [0.25, 0.3) is 0 Å². The Labute approximate surface area is 131 Å². The normalized spacial score (nSPS) is 23.4. The van der Waals surface area contributed by atoms with Gasteiger partial charge in [0.2, 0.25) is 5.91 Å². The van der Waals surface area contributed by atoms with Crippen molar-refractivity contribution in [2.45, 2.75) is 92.3 Å². The van der Waals surface area contributed by atoms with Crippen molar-refractivity contribution in [1.29, 1.82) is 0 Å². The Hall–Kier alpha value is -0.570. The molecule has 0 spiro atoms. The van der Waals surface area contributed by atoms with Crippen LogP contribution in [-0.2, 0) is 4.79 Å². The maximum Gasteiger partial charge on any atom is 0.241 e. The van der Waals surface area contributed by atoms with Crippen LogP contribution in [0.4, 0.5) is 0 Å². The van der Waals surface area contributed by atoms with Crippen molar-refractivity contribution in [3.8, 4) is 0 Å². The first kappa shape index (κ1) is 18.5. The van der Waals surface area contributed by atoms with Gasteiger partial charge in [-0.15, -0.1) is 0 Å². The fourth-order valence-electron chi connectivity index (χ4n) is 3.27. The molecule has 1 N–H and O–H groups in total. The van der Waals surface area contributed by atoms with Crippen LogP contribution in [-0.4, -0.2) is 29.6 Å². The van der Waals surface area contributed by atoms with Crippen molar-refractivity contribution in [1.82, 2.24) is 10.2 Å². The molecule has 3 heteroatoms. The van der Waals surface area contributed by atoms with Crippen LogP contribution in [0.25, 0.3) is 0 Å². The third kappa shape index (κ3) is 5.28. The van der Waals surface area contributed by atoms with Gasteiger partial charge in [-0.1, -0.05) is 67.2 Å². The van der Waals surface area contributed by atoms with Gasteiger partial charge in [-0.3, -0.25) is 10.1 Å². The van der Waals surface area contributed by atoms with E-state index in [0.717, 1.165) is 19.4 Å². The second-order valence-corrected chi connectivity index (χ2v) is 7.78. The van der Waals surface area contributed by atoms with Crippen molar-refractivity contribution in [3.05, 3.63) is 0 Å². The van der Waals surface area contributed by atoms with Gasteiger partial charge in [-0.2, -0.15) is 0 Å². The summed E-state index contributed by atoms with van der Waals surface area (Å²) in [6.45, 7) is 14.2. The van der Waals surface area contributed by atoms with E-state index < -0.39 is 0 Å². The zero-order chi connectivity index (χ0) is 16.0. The minimum atomic E-state index is 0.00740. The summed E-state index contributed by atoms with van der Waals surface area (Å²) in [6, 6.07) is 0.00740. The van der Waals surface area contributed by atoms with Crippen molar-refractivity contribution in [3.63, 3.8) is 0 Å². The van der Waals surface area contributed by atoms with Gasteiger partial charge in [0.15, 0.2) is 0 Å². The van der Waals surface area contributed by atoms with Crippen molar-refractivity contribution in [2.75, 3.05) is 6.54 Å². The highest BCUT2D eigenvalue weighted by molar-refractivity contribution is 5.84. The van der Waals surface area contributed by atoms with E-state index in [-0.39, 0.29) is 17.6 Å². The number of carbonyl (C=O) groups is 1. The summed E-state index contributed by atoms with van der Waals surface area (Å²) in [4.78, 5) is 14.8. The summed E-state index contributed by atoms with van der Waals surface area (Å²) in [5.41, 5.74) is 0.213. The molecule has 0 aromatic heterocycles. The average molecular weight is 296 g/mol. The highest BCUT2D eigenvalue weighted by Gasteiger charge is 2.41. The van der Waals surface area contributed by atoms with Crippen LogP contribution < -0.4 is 5.32 Å². The molecule has 1 saturated heterocycles. The summed E-state index contributed by atoms with van der Waals surface area (Å²) < 4.78 is 0. The third-order valence-electron chi connectivity index (χ3n) is 4.58. The predicted octanol–water partition coefficient (Wildman–Crippen LogP) is 4.18. The maximum atomic E-state index is 12.7. The second-order valence-electron chi connectivity index (χ2n) is 7.78. The standard InChI is InChI=1S/C18H36N2O/c1-7-9-10-12-18(5,6)13-20-15(11-8-2)19-16(14(3)4)17(20)21/h14-16,19H,7-13H2,1-6H3. The van der Waals surface area contributed by atoms with E-state index in [9.17, 15) is 4.79 Å². The Morgan fingerprint density at radius 1 is 1.19 bits per heavy atom. The fourth-order valence-corrected chi connectivity index (χ4v) is 3.27. The molecule has 1 fully saturated rings. The fraction of sp³-hybridized carbons (Fsp3) is 0.944. The van der Waals surface area contributed by atoms with Crippen molar-refractivity contribution >= 4 is 5.91 Å². The van der Waals surface area contributed by atoms with Crippen LogP contribution >= 0.6 is 0 Å². The second kappa shape index (κ2) is 8.17. The highest BCUT2D eigenvalue weighted by Crippen LogP contribution is 2.29. The average Bonchev–Trinajstić information content (AvgIpc) is 2.68. The van der Waals surface area contributed by atoms with Gasteiger partial charge in [-0.05, 0) is 24.2 Å². The molecule has 21 heavy (non-hydrogen) atoms. The molecule has 1 aliphatic rings. The van der Waals surface area contributed by atoms with Crippen LogP contribution in [0.15, 0.2) is 0 Å². The number of unbranched alkanes of at least 4 members (excludes halogenated alkanes) is 2. The van der Waals surface area contributed by atoms with E-state index in [0.29, 0.717) is 11.8 Å². The largest absolute Gasteiger partial charge is 0.325 e. The number of hydrogen-bond acceptors (Lipinski definition) is 2. The minimum Gasteiger partial charge on any atom is -0.325 e. The van der Waals surface area contributed by atoms with E-state index in [2.05, 4.69) is 51.8 Å². The first-order valence-corrected chi connectivity index (χ1v) is 8.89. The van der Waals surface area contributed by atoms with Crippen LogP contribution in [0.2, 0.25) is 0 Å². The number of amides is 1. The maximum absolute atomic E-state index is 12.7. The Morgan fingerprint density at radius 2 is 1.86 bits per heavy atom. The Kier molecular flexibility index (Phi) is 7.19. The molecule has 0 bridgehead atoms. The zero-order valence-electron chi connectivity index (χ0n) is 15.0. The Bertz CT molecular complexity index is 325. The lowest BCUT2D eigenvalue weighted by Gasteiger charge is -2.33. The molecule has 0 radical (unpaired) electrons. The summed E-state index contributed by atoms with van der Waals surface area (Å²) in [6.07, 6.45) is 7.43. The molecule has 0 aromatic rings.